The van der Waals surface area contributed by atoms with E-state index < -0.39 is 0 Å². The third-order valence-corrected chi connectivity index (χ3v) is 4.70. The van der Waals surface area contributed by atoms with E-state index in [2.05, 4.69) is 71.8 Å². The number of aryl methyl sites for hydroxylation is 1. The normalized spacial score (nSPS) is 12.6. The van der Waals surface area contributed by atoms with Gasteiger partial charge in [-0.05, 0) is 38.4 Å². The first kappa shape index (κ1) is 16.2. The third kappa shape index (κ3) is 3.55. The Bertz CT molecular complexity index is 604. The molecule has 3 nitrogen and oxygen atoms in total. The molecule has 0 amide bonds. The van der Waals surface area contributed by atoms with Gasteiger partial charge in [-0.25, -0.2) is 0 Å². The van der Waals surface area contributed by atoms with Gasteiger partial charge in [0, 0.05) is 21.8 Å². The highest BCUT2D eigenvalue weighted by atomic mass is 79.9. The summed E-state index contributed by atoms with van der Waals surface area (Å²) in [5.74, 6) is 0. The SMILES string of the molecule is CCNC(CC)c1c(C)nn(Cc2ccccc2Br)c1C. The molecule has 1 aromatic carbocycles. The minimum absolute atomic E-state index is 0.392. The molecule has 2 rings (SSSR count). The molecule has 0 saturated heterocycles. The molecule has 0 spiro atoms. The highest BCUT2D eigenvalue weighted by molar-refractivity contribution is 9.10. The van der Waals surface area contributed by atoms with E-state index in [1.54, 1.807) is 0 Å². The number of benzene rings is 1. The Morgan fingerprint density at radius 1 is 1.24 bits per heavy atom. The second-order valence-electron chi connectivity index (χ2n) is 5.35. The molecular formula is C17H24BrN3. The van der Waals surface area contributed by atoms with Gasteiger partial charge < -0.3 is 5.32 Å². The molecule has 0 saturated carbocycles. The van der Waals surface area contributed by atoms with E-state index in [1.165, 1.54) is 16.8 Å². The van der Waals surface area contributed by atoms with Gasteiger partial charge in [-0.15, -0.1) is 0 Å². The van der Waals surface area contributed by atoms with Crippen LogP contribution in [-0.2, 0) is 6.54 Å². The van der Waals surface area contributed by atoms with E-state index >= 15 is 0 Å². The first-order chi connectivity index (χ1) is 10.1. The molecule has 0 aliphatic carbocycles. The van der Waals surface area contributed by atoms with Crippen molar-refractivity contribution in [3.05, 3.63) is 51.3 Å². The monoisotopic (exact) mass is 349 g/mol. The predicted octanol–water partition coefficient (Wildman–Crippen LogP) is 4.37. The fourth-order valence-electron chi connectivity index (χ4n) is 2.85. The van der Waals surface area contributed by atoms with Gasteiger partial charge in [-0.1, -0.05) is 48.0 Å². The van der Waals surface area contributed by atoms with Crippen LogP contribution >= 0.6 is 15.9 Å². The Hall–Kier alpha value is -1.13. The molecule has 0 bridgehead atoms. The first-order valence-electron chi connectivity index (χ1n) is 7.59. The van der Waals surface area contributed by atoms with Crippen molar-refractivity contribution < 1.29 is 0 Å². The molecule has 21 heavy (non-hydrogen) atoms. The largest absolute Gasteiger partial charge is 0.310 e. The summed E-state index contributed by atoms with van der Waals surface area (Å²) in [5, 5.41) is 8.31. The Balaban J connectivity index is 2.33. The average molecular weight is 350 g/mol. The highest BCUT2D eigenvalue weighted by Crippen LogP contribution is 2.25. The predicted molar refractivity (Wildman–Crippen MR) is 91.7 cm³/mol. The van der Waals surface area contributed by atoms with Crippen LogP contribution in [0.4, 0.5) is 0 Å². The fraction of sp³-hybridized carbons (Fsp3) is 0.471. The summed E-state index contributed by atoms with van der Waals surface area (Å²) in [6, 6.07) is 8.72. The number of hydrogen-bond donors (Lipinski definition) is 1. The smallest absolute Gasteiger partial charge is 0.0673 e. The zero-order valence-corrected chi connectivity index (χ0v) is 14.9. The minimum Gasteiger partial charge on any atom is -0.310 e. The van der Waals surface area contributed by atoms with Crippen LogP contribution in [0, 0.1) is 13.8 Å². The lowest BCUT2D eigenvalue weighted by Crippen LogP contribution is -2.21. The second kappa shape index (κ2) is 7.23. The van der Waals surface area contributed by atoms with E-state index in [0.29, 0.717) is 6.04 Å². The summed E-state index contributed by atoms with van der Waals surface area (Å²) < 4.78 is 3.25. The number of nitrogens with one attached hydrogen (secondary N) is 1. The van der Waals surface area contributed by atoms with Crippen molar-refractivity contribution in [3.63, 3.8) is 0 Å². The minimum atomic E-state index is 0.392. The molecule has 1 atom stereocenters. The molecular weight excluding hydrogens is 326 g/mol. The van der Waals surface area contributed by atoms with Crippen LogP contribution in [-0.4, -0.2) is 16.3 Å². The van der Waals surface area contributed by atoms with E-state index in [1.807, 2.05) is 6.07 Å². The van der Waals surface area contributed by atoms with Crippen molar-refractivity contribution in [2.45, 2.75) is 46.7 Å². The average Bonchev–Trinajstić information content (AvgIpc) is 2.74. The van der Waals surface area contributed by atoms with Crippen LogP contribution in [0.2, 0.25) is 0 Å². The molecule has 1 N–H and O–H groups in total. The Kier molecular flexibility index (Phi) is 5.59. The summed E-state index contributed by atoms with van der Waals surface area (Å²) in [6.07, 6.45) is 1.08. The lowest BCUT2D eigenvalue weighted by atomic mass is 10.0. The molecule has 1 aromatic heterocycles. The van der Waals surface area contributed by atoms with Crippen molar-refractivity contribution in [1.82, 2.24) is 15.1 Å². The zero-order valence-electron chi connectivity index (χ0n) is 13.3. The van der Waals surface area contributed by atoms with Crippen molar-refractivity contribution in [2.24, 2.45) is 0 Å². The van der Waals surface area contributed by atoms with E-state index in [0.717, 1.165) is 29.7 Å². The lowest BCUT2D eigenvalue weighted by molar-refractivity contribution is 0.531. The number of halogens is 1. The molecule has 1 unspecified atom stereocenters. The van der Waals surface area contributed by atoms with Gasteiger partial charge in [0.05, 0.1) is 12.2 Å². The molecule has 4 heteroatoms. The van der Waals surface area contributed by atoms with Crippen molar-refractivity contribution >= 4 is 15.9 Å². The van der Waals surface area contributed by atoms with Gasteiger partial charge in [0.2, 0.25) is 0 Å². The van der Waals surface area contributed by atoms with Crippen molar-refractivity contribution in [3.8, 4) is 0 Å². The van der Waals surface area contributed by atoms with Crippen molar-refractivity contribution in [2.75, 3.05) is 6.54 Å². The highest BCUT2D eigenvalue weighted by Gasteiger charge is 2.19. The molecule has 0 aliphatic heterocycles. The molecule has 0 radical (unpaired) electrons. The number of rotatable bonds is 6. The molecule has 114 valence electrons. The molecule has 1 heterocycles. The summed E-state index contributed by atoms with van der Waals surface area (Å²) in [7, 11) is 0. The Morgan fingerprint density at radius 2 is 1.95 bits per heavy atom. The quantitative estimate of drug-likeness (QED) is 0.838. The summed E-state index contributed by atoms with van der Waals surface area (Å²) in [4.78, 5) is 0. The maximum Gasteiger partial charge on any atom is 0.0673 e. The molecule has 0 fully saturated rings. The van der Waals surface area contributed by atoms with Gasteiger partial charge in [0.1, 0.15) is 0 Å². The first-order valence-corrected chi connectivity index (χ1v) is 8.38. The number of nitrogens with zero attached hydrogens (tertiary/aromatic N) is 2. The van der Waals surface area contributed by atoms with Crippen LogP contribution in [0.15, 0.2) is 28.7 Å². The van der Waals surface area contributed by atoms with E-state index in [-0.39, 0.29) is 0 Å². The maximum absolute atomic E-state index is 4.75. The van der Waals surface area contributed by atoms with Gasteiger partial charge >= 0.3 is 0 Å². The molecule has 0 aliphatic rings. The zero-order chi connectivity index (χ0) is 15.4. The van der Waals surface area contributed by atoms with E-state index in [4.69, 9.17) is 5.10 Å². The van der Waals surface area contributed by atoms with Gasteiger partial charge in [0.15, 0.2) is 0 Å². The lowest BCUT2D eigenvalue weighted by Gasteiger charge is -2.17. The maximum atomic E-state index is 4.75. The van der Waals surface area contributed by atoms with Crippen molar-refractivity contribution in [1.29, 1.82) is 0 Å². The Morgan fingerprint density at radius 3 is 2.57 bits per heavy atom. The van der Waals surface area contributed by atoms with Crippen LogP contribution in [0.1, 0.15) is 48.8 Å². The number of hydrogen-bond acceptors (Lipinski definition) is 2. The molecule has 2 aromatic rings. The number of aromatic nitrogens is 2. The second-order valence-corrected chi connectivity index (χ2v) is 6.21. The van der Waals surface area contributed by atoms with Gasteiger partial charge in [-0.3, -0.25) is 4.68 Å². The topological polar surface area (TPSA) is 29.9 Å². The van der Waals surface area contributed by atoms with E-state index in [9.17, 15) is 0 Å². The van der Waals surface area contributed by atoms with Crippen LogP contribution in [0.3, 0.4) is 0 Å². The summed E-state index contributed by atoms with van der Waals surface area (Å²) >= 11 is 3.62. The summed E-state index contributed by atoms with van der Waals surface area (Å²) in [6.45, 7) is 10.4. The fourth-order valence-corrected chi connectivity index (χ4v) is 3.26. The van der Waals surface area contributed by atoms with Crippen LogP contribution < -0.4 is 5.32 Å². The van der Waals surface area contributed by atoms with Crippen LogP contribution in [0.5, 0.6) is 0 Å². The standard InChI is InChI=1S/C17H24BrN3/c1-5-16(19-6-2)17-12(3)20-21(13(17)4)11-14-9-7-8-10-15(14)18/h7-10,16,19H,5-6,11H2,1-4H3. The van der Waals surface area contributed by atoms with Gasteiger partial charge in [0.25, 0.3) is 0 Å². The third-order valence-electron chi connectivity index (χ3n) is 3.92. The van der Waals surface area contributed by atoms with Crippen LogP contribution in [0.25, 0.3) is 0 Å². The summed E-state index contributed by atoms with van der Waals surface area (Å²) in [5.41, 5.74) is 5.00. The Labute approximate surface area is 135 Å². The van der Waals surface area contributed by atoms with Gasteiger partial charge in [-0.2, -0.15) is 5.10 Å².